The van der Waals surface area contributed by atoms with Gasteiger partial charge in [-0.25, -0.2) is 9.78 Å². The number of aryl methyl sites for hydroxylation is 2. The molecule has 0 fully saturated rings. The van der Waals surface area contributed by atoms with Crippen LogP contribution in [0.1, 0.15) is 18.1 Å². The summed E-state index contributed by atoms with van der Waals surface area (Å²) < 4.78 is 1.92. The second-order valence-electron chi connectivity index (χ2n) is 5.04. The molecule has 0 aliphatic carbocycles. The zero-order chi connectivity index (χ0) is 16.3. The van der Waals surface area contributed by atoms with E-state index in [0.29, 0.717) is 5.16 Å². The van der Waals surface area contributed by atoms with E-state index in [1.165, 1.54) is 11.8 Å². The van der Waals surface area contributed by atoms with E-state index in [1.807, 2.05) is 36.7 Å². The minimum atomic E-state index is -0.852. The number of aromatic nitrogens is 2. The zero-order valence-electron chi connectivity index (χ0n) is 12.7. The Kier molecular flexibility index (Phi) is 4.87. The van der Waals surface area contributed by atoms with E-state index in [9.17, 15) is 9.59 Å². The molecule has 1 unspecified atom stereocenters. The fraction of sp³-hybridized carbons (Fsp3) is 0.267. The molecule has 3 N–H and O–H groups in total. The van der Waals surface area contributed by atoms with E-state index in [2.05, 4.69) is 16.4 Å². The number of carbonyl (C=O) groups is 2. The van der Waals surface area contributed by atoms with Gasteiger partial charge in [0.1, 0.15) is 0 Å². The van der Waals surface area contributed by atoms with Crippen molar-refractivity contribution in [2.45, 2.75) is 31.2 Å². The molecular formula is C15H18N4O2S. The van der Waals surface area contributed by atoms with Gasteiger partial charge in [-0.05, 0) is 44.0 Å². The van der Waals surface area contributed by atoms with E-state index in [4.69, 9.17) is 5.73 Å². The number of rotatable bonds is 4. The number of nitrogens with one attached hydrogen (secondary N) is 1. The van der Waals surface area contributed by atoms with Gasteiger partial charge in [-0.2, -0.15) is 0 Å². The molecular weight excluding hydrogens is 300 g/mol. The number of nitrogens with zero attached hydrogens (tertiary/aromatic N) is 2. The normalized spacial score (nSPS) is 12.0. The number of urea groups is 1. The topological polar surface area (TPSA) is 90.0 Å². The molecule has 2 rings (SSSR count). The molecule has 0 aliphatic heterocycles. The maximum absolute atomic E-state index is 11.8. The SMILES string of the molecule is Cc1cc(C)cc(-n2ccnc2SC(C)C(=O)NC(N)=O)c1. The van der Waals surface area contributed by atoms with Crippen molar-refractivity contribution in [1.29, 1.82) is 0 Å². The average Bonchev–Trinajstić information content (AvgIpc) is 2.84. The van der Waals surface area contributed by atoms with Gasteiger partial charge < -0.3 is 5.73 Å². The van der Waals surface area contributed by atoms with Gasteiger partial charge in [-0.3, -0.25) is 14.7 Å². The third-order valence-electron chi connectivity index (χ3n) is 2.99. The van der Waals surface area contributed by atoms with Gasteiger partial charge in [0, 0.05) is 18.1 Å². The average molecular weight is 318 g/mol. The molecule has 116 valence electrons. The first kappa shape index (κ1) is 16.1. The highest BCUT2D eigenvalue weighted by atomic mass is 32.2. The van der Waals surface area contributed by atoms with Crippen LogP contribution in [0.3, 0.4) is 0 Å². The summed E-state index contributed by atoms with van der Waals surface area (Å²) >= 11 is 1.27. The lowest BCUT2D eigenvalue weighted by Crippen LogP contribution is -2.39. The van der Waals surface area contributed by atoms with Crippen molar-refractivity contribution in [2.24, 2.45) is 5.73 Å². The van der Waals surface area contributed by atoms with E-state index < -0.39 is 17.2 Å². The Balaban J connectivity index is 2.22. The highest BCUT2D eigenvalue weighted by Gasteiger charge is 2.18. The molecule has 1 aromatic carbocycles. The number of benzene rings is 1. The number of imide groups is 1. The molecule has 0 aliphatic rings. The van der Waals surface area contributed by atoms with Crippen molar-refractivity contribution >= 4 is 23.7 Å². The molecule has 0 spiro atoms. The number of nitrogens with two attached hydrogens (primary N) is 1. The summed E-state index contributed by atoms with van der Waals surface area (Å²) in [6.07, 6.45) is 3.52. The van der Waals surface area contributed by atoms with E-state index in [1.54, 1.807) is 13.1 Å². The first-order valence-electron chi connectivity index (χ1n) is 6.76. The number of carbonyl (C=O) groups excluding carboxylic acids is 2. The van der Waals surface area contributed by atoms with Crippen molar-refractivity contribution in [3.05, 3.63) is 41.7 Å². The van der Waals surface area contributed by atoms with Crippen molar-refractivity contribution in [3.8, 4) is 5.69 Å². The summed E-state index contributed by atoms with van der Waals surface area (Å²) in [6.45, 7) is 5.76. The number of thioether (sulfide) groups is 1. The van der Waals surface area contributed by atoms with E-state index >= 15 is 0 Å². The molecule has 2 aromatic rings. The number of amides is 3. The van der Waals surface area contributed by atoms with Crippen LogP contribution in [-0.2, 0) is 4.79 Å². The smallest absolute Gasteiger partial charge is 0.318 e. The monoisotopic (exact) mass is 318 g/mol. The summed E-state index contributed by atoms with van der Waals surface area (Å²) in [5.41, 5.74) is 8.25. The Morgan fingerprint density at radius 2 is 1.91 bits per heavy atom. The van der Waals surface area contributed by atoms with E-state index in [-0.39, 0.29) is 0 Å². The molecule has 0 radical (unpaired) electrons. The summed E-state index contributed by atoms with van der Waals surface area (Å²) in [7, 11) is 0. The van der Waals surface area contributed by atoms with Gasteiger partial charge in [0.25, 0.3) is 0 Å². The molecule has 1 aromatic heterocycles. The van der Waals surface area contributed by atoms with Crippen molar-refractivity contribution in [1.82, 2.24) is 14.9 Å². The lowest BCUT2D eigenvalue weighted by atomic mass is 10.1. The van der Waals surface area contributed by atoms with Crippen LogP contribution in [0.5, 0.6) is 0 Å². The Morgan fingerprint density at radius 1 is 1.27 bits per heavy atom. The first-order chi connectivity index (χ1) is 10.4. The molecule has 1 heterocycles. The standard InChI is InChI=1S/C15H18N4O2S/c1-9-6-10(2)8-12(7-9)19-5-4-17-15(19)22-11(3)13(20)18-14(16)21/h4-8,11H,1-3H3,(H3,16,18,20,21). The van der Waals surface area contributed by atoms with Crippen molar-refractivity contribution in [2.75, 3.05) is 0 Å². The second kappa shape index (κ2) is 6.65. The summed E-state index contributed by atoms with van der Waals surface area (Å²) in [5, 5.41) is 2.27. The number of imidazole rings is 1. The van der Waals surface area contributed by atoms with Crippen LogP contribution < -0.4 is 11.1 Å². The van der Waals surface area contributed by atoms with Crippen LogP contribution >= 0.6 is 11.8 Å². The van der Waals surface area contributed by atoms with Gasteiger partial charge in [-0.15, -0.1) is 0 Å². The maximum Gasteiger partial charge on any atom is 0.318 e. The maximum atomic E-state index is 11.8. The summed E-state index contributed by atoms with van der Waals surface area (Å²) in [6, 6.07) is 5.34. The summed E-state index contributed by atoms with van der Waals surface area (Å²) in [5.74, 6) is -0.438. The minimum absolute atomic E-state index is 0.438. The number of primary amides is 1. The third kappa shape index (κ3) is 3.88. The van der Waals surface area contributed by atoms with Crippen LogP contribution in [0, 0.1) is 13.8 Å². The lowest BCUT2D eigenvalue weighted by molar-refractivity contribution is -0.119. The van der Waals surface area contributed by atoms with Gasteiger partial charge >= 0.3 is 6.03 Å². The molecule has 0 saturated heterocycles. The predicted octanol–water partition coefficient (Wildman–Crippen LogP) is 2.16. The molecule has 7 heteroatoms. The minimum Gasteiger partial charge on any atom is -0.351 e. The lowest BCUT2D eigenvalue weighted by Gasteiger charge is -2.12. The Morgan fingerprint density at radius 3 is 2.50 bits per heavy atom. The number of hydrogen-bond donors (Lipinski definition) is 2. The molecule has 0 bridgehead atoms. The molecule has 6 nitrogen and oxygen atoms in total. The van der Waals surface area contributed by atoms with Gasteiger partial charge in [0.15, 0.2) is 5.16 Å². The Labute approximate surface area is 133 Å². The van der Waals surface area contributed by atoms with Crippen molar-refractivity contribution < 1.29 is 9.59 Å². The zero-order valence-corrected chi connectivity index (χ0v) is 13.5. The molecule has 1 atom stereocenters. The Bertz CT molecular complexity index is 691. The van der Waals surface area contributed by atoms with Gasteiger partial charge in [0.05, 0.1) is 5.25 Å². The molecule has 3 amide bonds. The Hall–Kier alpha value is -2.28. The molecule has 22 heavy (non-hydrogen) atoms. The van der Waals surface area contributed by atoms with Crippen LogP contribution in [0.25, 0.3) is 5.69 Å². The predicted molar refractivity (Wildman–Crippen MR) is 86.1 cm³/mol. The van der Waals surface area contributed by atoms with Crippen LogP contribution in [-0.4, -0.2) is 26.7 Å². The van der Waals surface area contributed by atoms with Crippen molar-refractivity contribution in [3.63, 3.8) is 0 Å². The first-order valence-corrected chi connectivity index (χ1v) is 7.64. The molecule has 0 saturated carbocycles. The third-order valence-corrected chi connectivity index (χ3v) is 4.07. The second-order valence-corrected chi connectivity index (χ2v) is 6.35. The van der Waals surface area contributed by atoms with E-state index in [0.717, 1.165) is 16.8 Å². The quantitative estimate of drug-likeness (QED) is 0.845. The fourth-order valence-electron chi connectivity index (χ4n) is 2.10. The van der Waals surface area contributed by atoms with Gasteiger partial charge in [0.2, 0.25) is 5.91 Å². The van der Waals surface area contributed by atoms with Gasteiger partial charge in [-0.1, -0.05) is 17.8 Å². The summed E-state index contributed by atoms with van der Waals surface area (Å²) in [4.78, 5) is 26.8. The fourth-order valence-corrected chi connectivity index (χ4v) is 2.98. The van der Waals surface area contributed by atoms with Crippen LogP contribution in [0.4, 0.5) is 4.79 Å². The highest BCUT2D eigenvalue weighted by molar-refractivity contribution is 8.00. The van der Waals surface area contributed by atoms with Crippen LogP contribution in [0.15, 0.2) is 35.7 Å². The van der Waals surface area contributed by atoms with Crippen LogP contribution in [0.2, 0.25) is 0 Å². The number of hydrogen-bond acceptors (Lipinski definition) is 4. The highest BCUT2D eigenvalue weighted by Crippen LogP contribution is 2.25. The largest absolute Gasteiger partial charge is 0.351 e.